The maximum absolute atomic E-state index is 12.6. The highest BCUT2D eigenvalue weighted by molar-refractivity contribution is 6.01. The topological polar surface area (TPSA) is 52.6 Å². The summed E-state index contributed by atoms with van der Waals surface area (Å²) in [6.45, 7) is 11.3. The third kappa shape index (κ3) is 6.10. The van der Waals surface area contributed by atoms with Crippen LogP contribution in [0, 0.1) is 23.2 Å². The molecule has 1 aliphatic rings. The number of ether oxygens (including phenoxy) is 2. The molecule has 1 saturated carbocycles. The van der Waals surface area contributed by atoms with Crippen LogP contribution in [-0.4, -0.2) is 25.2 Å². The lowest BCUT2D eigenvalue weighted by Gasteiger charge is -2.43. The molecule has 4 heteroatoms. The molecule has 0 radical (unpaired) electrons. The Balaban J connectivity index is 2.60. The fourth-order valence-corrected chi connectivity index (χ4v) is 3.09. The lowest BCUT2D eigenvalue weighted by Crippen LogP contribution is -2.51. The molecule has 1 fully saturated rings. The van der Waals surface area contributed by atoms with Gasteiger partial charge in [0.1, 0.15) is 0 Å². The number of hydrogen-bond donors (Lipinski definition) is 0. The highest BCUT2D eigenvalue weighted by Gasteiger charge is 2.58. The molecule has 0 unspecified atom stereocenters. The average molecular weight is 341 g/mol. The molecule has 0 heterocycles. The normalized spacial score (nSPS) is 17.0. The van der Waals surface area contributed by atoms with E-state index in [1.165, 1.54) is 0 Å². The van der Waals surface area contributed by atoms with E-state index >= 15 is 0 Å². The second kappa shape index (κ2) is 10.0. The molecule has 0 bridgehead atoms. The van der Waals surface area contributed by atoms with Crippen molar-refractivity contribution in [1.29, 1.82) is 0 Å². The van der Waals surface area contributed by atoms with E-state index in [-0.39, 0.29) is 11.9 Å². The summed E-state index contributed by atoms with van der Waals surface area (Å²) in [7, 11) is 0. The van der Waals surface area contributed by atoms with Gasteiger partial charge in [0.2, 0.25) is 0 Å². The summed E-state index contributed by atoms with van der Waals surface area (Å²) < 4.78 is 10.8. The van der Waals surface area contributed by atoms with Gasteiger partial charge in [0.05, 0.1) is 13.2 Å². The van der Waals surface area contributed by atoms with Gasteiger partial charge in [-0.05, 0) is 43.4 Å². The second-order valence-electron chi connectivity index (χ2n) is 8.14. The number of esters is 2. The van der Waals surface area contributed by atoms with Gasteiger partial charge in [0.25, 0.3) is 0 Å². The number of hydrogen-bond acceptors (Lipinski definition) is 4. The zero-order chi connectivity index (χ0) is 18.2. The van der Waals surface area contributed by atoms with Crippen molar-refractivity contribution >= 4 is 11.9 Å². The first-order valence-electron chi connectivity index (χ1n) is 9.66. The van der Waals surface area contributed by atoms with Gasteiger partial charge >= 0.3 is 11.9 Å². The number of unbranched alkanes of at least 4 members (excludes halogenated alkanes) is 1. The van der Waals surface area contributed by atoms with Crippen molar-refractivity contribution in [1.82, 2.24) is 0 Å². The molecule has 140 valence electrons. The quantitative estimate of drug-likeness (QED) is 0.402. The summed E-state index contributed by atoms with van der Waals surface area (Å²) in [5, 5.41) is 0. The maximum atomic E-state index is 12.6. The summed E-state index contributed by atoms with van der Waals surface area (Å²) in [6, 6.07) is 0. The minimum absolute atomic E-state index is 0.370. The SMILES string of the molecule is CCCCC1CC(C(=O)OCCC(C)C)(C(=O)OCCC(C)C)C1. The third-order valence-corrected chi connectivity index (χ3v) is 4.88. The highest BCUT2D eigenvalue weighted by atomic mass is 16.6. The zero-order valence-electron chi connectivity index (χ0n) is 16.2. The standard InChI is InChI=1S/C20H36O4/c1-6-7-8-17-13-20(14-17,18(21)23-11-9-15(2)3)19(22)24-12-10-16(4)5/h15-17H,6-14H2,1-5H3. The predicted octanol–water partition coefficient (Wildman–Crippen LogP) is 4.75. The predicted molar refractivity (Wildman–Crippen MR) is 95.5 cm³/mol. The summed E-state index contributed by atoms with van der Waals surface area (Å²) in [6.07, 6.45) is 6.19. The molecule has 0 aliphatic heterocycles. The number of carbonyl (C=O) groups is 2. The van der Waals surface area contributed by atoms with Crippen LogP contribution in [0.15, 0.2) is 0 Å². The smallest absolute Gasteiger partial charge is 0.323 e. The molecule has 1 aliphatic carbocycles. The first-order chi connectivity index (χ1) is 11.3. The van der Waals surface area contributed by atoms with E-state index in [0.717, 1.165) is 32.1 Å². The Labute approximate surface area is 147 Å². The Hall–Kier alpha value is -1.06. The Morgan fingerprint density at radius 1 is 0.958 bits per heavy atom. The van der Waals surface area contributed by atoms with Crippen molar-refractivity contribution in [2.75, 3.05) is 13.2 Å². The van der Waals surface area contributed by atoms with Crippen molar-refractivity contribution in [3.8, 4) is 0 Å². The van der Waals surface area contributed by atoms with Crippen molar-refractivity contribution in [3.05, 3.63) is 0 Å². The fourth-order valence-electron chi connectivity index (χ4n) is 3.09. The molecule has 0 atom stereocenters. The van der Waals surface area contributed by atoms with Crippen LogP contribution in [0.25, 0.3) is 0 Å². The molecule has 4 nitrogen and oxygen atoms in total. The summed E-state index contributed by atoms with van der Waals surface area (Å²) in [4.78, 5) is 25.1. The Bertz CT molecular complexity index is 366. The lowest BCUT2D eigenvalue weighted by molar-refractivity contribution is -0.184. The van der Waals surface area contributed by atoms with Gasteiger partial charge < -0.3 is 9.47 Å². The van der Waals surface area contributed by atoms with Gasteiger partial charge in [-0.15, -0.1) is 0 Å². The van der Waals surface area contributed by atoms with E-state index < -0.39 is 5.41 Å². The van der Waals surface area contributed by atoms with Crippen molar-refractivity contribution in [3.63, 3.8) is 0 Å². The first kappa shape index (κ1) is 21.0. The highest BCUT2D eigenvalue weighted by Crippen LogP contribution is 2.49. The monoisotopic (exact) mass is 340 g/mol. The number of rotatable bonds is 11. The van der Waals surface area contributed by atoms with Crippen LogP contribution >= 0.6 is 0 Å². The van der Waals surface area contributed by atoms with Crippen LogP contribution in [0.1, 0.15) is 79.6 Å². The number of carbonyl (C=O) groups excluding carboxylic acids is 2. The van der Waals surface area contributed by atoms with E-state index in [1.54, 1.807) is 0 Å². The van der Waals surface area contributed by atoms with Crippen LogP contribution in [0.3, 0.4) is 0 Å². The first-order valence-corrected chi connectivity index (χ1v) is 9.66. The van der Waals surface area contributed by atoms with Gasteiger partial charge in [0.15, 0.2) is 5.41 Å². The summed E-state index contributed by atoms with van der Waals surface area (Å²) >= 11 is 0. The maximum Gasteiger partial charge on any atom is 0.323 e. The van der Waals surface area contributed by atoms with Crippen LogP contribution < -0.4 is 0 Å². The van der Waals surface area contributed by atoms with Gasteiger partial charge in [-0.25, -0.2) is 0 Å². The van der Waals surface area contributed by atoms with Crippen LogP contribution in [0.5, 0.6) is 0 Å². The largest absolute Gasteiger partial charge is 0.465 e. The molecular formula is C20H36O4. The molecule has 1 rings (SSSR count). The van der Waals surface area contributed by atoms with Crippen molar-refractivity contribution in [2.24, 2.45) is 23.2 Å². The molecule has 0 aromatic carbocycles. The van der Waals surface area contributed by atoms with Gasteiger partial charge in [-0.3, -0.25) is 9.59 Å². The molecule has 0 aromatic heterocycles. The average Bonchev–Trinajstić information content (AvgIpc) is 2.45. The summed E-state index contributed by atoms with van der Waals surface area (Å²) in [5.74, 6) is 0.659. The van der Waals surface area contributed by atoms with E-state index in [9.17, 15) is 9.59 Å². The Morgan fingerprint density at radius 2 is 1.42 bits per heavy atom. The second-order valence-corrected chi connectivity index (χ2v) is 8.14. The lowest BCUT2D eigenvalue weighted by atomic mass is 9.60. The molecule has 0 aromatic rings. The van der Waals surface area contributed by atoms with Crippen molar-refractivity contribution in [2.45, 2.75) is 79.6 Å². The zero-order valence-corrected chi connectivity index (χ0v) is 16.2. The minimum Gasteiger partial charge on any atom is -0.465 e. The van der Waals surface area contributed by atoms with E-state index in [0.29, 0.717) is 43.8 Å². The van der Waals surface area contributed by atoms with E-state index in [2.05, 4.69) is 34.6 Å². The molecule has 0 amide bonds. The Morgan fingerprint density at radius 3 is 1.79 bits per heavy atom. The van der Waals surface area contributed by atoms with Crippen LogP contribution in [0.2, 0.25) is 0 Å². The van der Waals surface area contributed by atoms with E-state index in [4.69, 9.17) is 9.47 Å². The van der Waals surface area contributed by atoms with Crippen LogP contribution in [0.4, 0.5) is 0 Å². The fraction of sp³-hybridized carbons (Fsp3) is 0.900. The molecule has 0 spiro atoms. The molecule has 0 N–H and O–H groups in total. The van der Waals surface area contributed by atoms with Crippen molar-refractivity contribution < 1.29 is 19.1 Å². The molecule has 0 saturated heterocycles. The molecular weight excluding hydrogens is 304 g/mol. The Kier molecular flexibility index (Phi) is 8.79. The summed E-state index contributed by atoms with van der Waals surface area (Å²) in [5.41, 5.74) is -1.04. The van der Waals surface area contributed by atoms with Gasteiger partial charge in [-0.1, -0.05) is 53.9 Å². The van der Waals surface area contributed by atoms with Gasteiger partial charge in [-0.2, -0.15) is 0 Å². The molecule has 24 heavy (non-hydrogen) atoms. The minimum atomic E-state index is -1.04. The third-order valence-electron chi connectivity index (χ3n) is 4.88. The van der Waals surface area contributed by atoms with Gasteiger partial charge in [0, 0.05) is 0 Å². The van der Waals surface area contributed by atoms with E-state index in [1.807, 2.05) is 0 Å². The van der Waals surface area contributed by atoms with Crippen LogP contribution in [-0.2, 0) is 19.1 Å².